The van der Waals surface area contributed by atoms with Gasteiger partial charge in [0.25, 0.3) is 10.0 Å². The van der Waals surface area contributed by atoms with E-state index in [4.69, 9.17) is 0 Å². The predicted molar refractivity (Wildman–Crippen MR) is 88.8 cm³/mol. The lowest BCUT2D eigenvalue weighted by Crippen LogP contribution is -2.35. The molecule has 1 aliphatic heterocycles. The zero-order valence-corrected chi connectivity index (χ0v) is 14.8. The molecule has 3 rings (SSSR count). The summed E-state index contributed by atoms with van der Waals surface area (Å²) in [5, 5.41) is 0. The fourth-order valence-electron chi connectivity index (χ4n) is 2.53. The monoisotopic (exact) mass is 371 g/mol. The van der Waals surface area contributed by atoms with Crippen LogP contribution in [0.2, 0.25) is 0 Å². The van der Waals surface area contributed by atoms with Gasteiger partial charge in [0.2, 0.25) is 9.84 Å². The highest BCUT2D eigenvalue weighted by Gasteiger charge is 2.29. The van der Waals surface area contributed by atoms with Crippen molar-refractivity contribution in [3.05, 3.63) is 42.5 Å². The lowest BCUT2D eigenvalue weighted by molar-refractivity contribution is 0.347. The summed E-state index contributed by atoms with van der Waals surface area (Å²) in [5.74, 6) is 0. The van der Waals surface area contributed by atoms with Crippen LogP contribution in [0.15, 0.2) is 55.8 Å². The Kier molecular flexibility index (Phi) is 4.59. The first-order valence-corrected chi connectivity index (χ1v) is 11.1. The van der Waals surface area contributed by atoms with Gasteiger partial charge in [0.15, 0.2) is 0 Å². The first-order chi connectivity index (χ1) is 10.9. The standard InChI is InChI=1S/C15H17NO4S3/c17-22(18,13-7-3-1-4-8-13)14-9-10-15(21-14)23(19,20)16-11-5-2-6-12-16/h1,3-4,7-10H,2,5-6,11-12H2. The summed E-state index contributed by atoms with van der Waals surface area (Å²) in [4.78, 5) is 0.170. The van der Waals surface area contributed by atoms with Crippen LogP contribution in [0.5, 0.6) is 0 Å². The molecule has 124 valence electrons. The Morgan fingerprint density at radius 1 is 0.783 bits per heavy atom. The van der Waals surface area contributed by atoms with E-state index in [1.807, 2.05) is 0 Å². The number of sulfone groups is 1. The minimum atomic E-state index is -3.67. The number of sulfonamides is 1. The number of thiophene rings is 1. The molecule has 0 amide bonds. The van der Waals surface area contributed by atoms with Crippen LogP contribution in [0.25, 0.3) is 0 Å². The molecule has 1 aromatic carbocycles. The molecule has 8 heteroatoms. The van der Waals surface area contributed by atoms with Gasteiger partial charge in [-0.3, -0.25) is 0 Å². The van der Waals surface area contributed by atoms with Crippen molar-refractivity contribution in [1.82, 2.24) is 4.31 Å². The Balaban J connectivity index is 1.94. The predicted octanol–water partition coefficient (Wildman–Crippen LogP) is 2.76. The van der Waals surface area contributed by atoms with E-state index in [-0.39, 0.29) is 13.3 Å². The maximum Gasteiger partial charge on any atom is 0.252 e. The first-order valence-electron chi connectivity index (χ1n) is 7.32. The highest BCUT2D eigenvalue weighted by molar-refractivity contribution is 7.95. The smallest absolute Gasteiger partial charge is 0.218 e. The molecule has 1 saturated heterocycles. The fraction of sp³-hybridized carbons (Fsp3) is 0.333. The molecule has 0 atom stereocenters. The summed E-state index contributed by atoms with van der Waals surface area (Å²) in [6.07, 6.45) is 2.73. The third-order valence-corrected chi connectivity index (χ3v) is 9.50. The van der Waals surface area contributed by atoms with E-state index < -0.39 is 19.9 Å². The van der Waals surface area contributed by atoms with Gasteiger partial charge in [-0.15, -0.1) is 11.3 Å². The van der Waals surface area contributed by atoms with Gasteiger partial charge < -0.3 is 0 Å². The number of benzene rings is 1. The highest BCUT2D eigenvalue weighted by atomic mass is 32.3. The van der Waals surface area contributed by atoms with Crippen LogP contribution in [-0.4, -0.2) is 34.2 Å². The summed E-state index contributed by atoms with van der Waals surface area (Å²) < 4.78 is 51.9. The summed E-state index contributed by atoms with van der Waals surface area (Å²) in [6.45, 7) is 1.00. The van der Waals surface area contributed by atoms with Gasteiger partial charge >= 0.3 is 0 Å². The second-order valence-corrected chi connectivity index (χ2v) is 10.8. The largest absolute Gasteiger partial charge is 0.252 e. The van der Waals surface area contributed by atoms with Crippen LogP contribution in [0, 0.1) is 0 Å². The molecule has 2 heterocycles. The molecule has 23 heavy (non-hydrogen) atoms. The molecule has 0 radical (unpaired) electrons. The Labute approximate surface area is 140 Å². The minimum absolute atomic E-state index is 0.0549. The van der Waals surface area contributed by atoms with E-state index in [0.29, 0.717) is 13.1 Å². The van der Waals surface area contributed by atoms with Gasteiger partial charge in [-0.1, -0.05) is 24.6 Å². The van der Waals surface area contributed by atoms with Crippen molar-refractivity contribution in [2.75, 3.05) is 13.1 Å². The van der Waals surface area contributed by atoms with Crippen molar-refractivity contribution >= 4 is 31.2 Å². The fourth-order valence-corrected chi connectivity index (χ4v) is 7.40. The lowest BCUT2D eigenvalue weighted by atomic mass is 10.2. The molecule has 5 nitrogen and oxygen atoms in total. The molecule has 1 aromatic heterocycles. The zero-order valence-electron chi connectivity index (χ0n) is 12.4. The number of hydrogen-bond donors (Lipinski definition) is 0. The number of rotatable bonds is 4. The normalized spacial score (nSPS) is 17.2. The second-order valence-electron chi connectivity index (χ2n) is 5.35. The number of hydrogen-bond acceptors (Lipinski definition) is 5. The highest BCUT2D eigenvalue weighted by Crippen LogP contribution is 2.32. The van der Waals surface area contributed by atoms with E-state index in [1.165, 1.54) is 28.6 Å². The molecule has 0 aliphatic carbocycles. The van der Waals surface area contributed by atoms with Crippen LogP contribution in [0.3, 0.4) is 0 Å². The van der Waals surface area contributed by atoms with E-state index in [2.05, 4.69) is 0 Å². The Bertz CT molecular complexity index is 880. The van der Waals surface area contributed by atoms with Crippen molar-refractivity contribution in [2.45, 2.75) is 32.6 Å². The van der Waals surface area contributed by atoms with Gasteiger partial charge in [-0.25, -0.2) is 16.8 Å². The van der Waals surface area contributed by atoms with E-state index >= 15 is 0 Å². The molecule has 0 saturated carbocycles. The molecular formula is C15H17NO4S3. The summed E-state index contributed by atoms with van der Waals surface area (Å²) >= 11 is 0.818. The van der Waals surface area contributed by atoms with E-state index in [9.17, 15) is 16.8 Å². The molecule has 1 aliphatic rings. The van der Waals surface area contributed by atoms with Crippen LogP contribution < -0.4 is 0 Å². The van der Waals surface area contributed by atoms with Crippen LogP contribution in [0.1, 0.15) is 19.3 Å². The summed E-state index contributed by atoms with van der Waals surface area (Å²) in [7, 11) is -7.27. The van der Waals surface area contributed by atoms with Crippen molar-refractivity contribution in [1.29, 1.82) is 0 Å². The van der Waals surface area contributed by atoms with Crippen molar-refractivity contribution < 1.29 is 16.8 Å². The maximum atomic E-state index is 12.6. The Morgan fingerprint density at radius 2 is 1.39 bits per heavy atom. The van der Waals surface area contributed by atoms with Gasteiger partial charge in [0.1, 0.15) is 8.42 Å². The molecule has 0 spiro atoms. The van der Waals surface area contributed by atoms with Crippen LogP contribution in [-0.2, 0) is 19.9 Å². The van der Waals surface area contributed by atoms with Gasteiger partial charge in [0.05, 0.1) is 4.90 Å². The van der Waals surface area contributed by atoms with E-state index in [1.54, 1.807) is 18.2 Å². The summed E-state index contributed by atoms with van der Waals surface area (Å²) in [5.41, 5.74) is 0. The van der Waals surface area contributed by atoms with Gasteiger partial charge in [-0.2, -0.15) is 4.31 Å². The quantitative estimate of drug-likeness (QED) is 0.828. The zero-order chi connectivity index (χ0) is 16.5. The Morgan fingerprint density at radius 3 is 2.04 bits per heavy atom. The van der Waals surface area contributed by atoms with Crippen LogP contribution in [0.4, 0.5) is 0 Å². The van der Waals surface area contributed by atoms with Crippen molar-refractivity contribution in [3.8, 4) is 0 Å². The third-order valence-electron chi connectivity index (χ3n) is 3.78. The third kappa shape index (κ3) is 3.21. The first kappa shape index (κ1) is 16.6. The lowest BCUT2D eigenvalue weighted by Gasteiger charge is -2.25. The molecule has 0 unspecified atom stereocenters. The van der Waals surface area contributed by atoms with Crippen LogP contribution >= 0.6 is 11.3 Å². The molecule has 0 bridgehead atoms. The molecule has 0 N–H and O–H groups in total. The summed E-state index contributed by atoms with van der Waals surface area (Å²) in [6, 6.07) is 10.8. The maximum absolute atomic E-state index is 12.6. The van der Waals surface area contributed by atoms with Gasteiger partial charge in [0, 0.05) is 13.1 Å². The van der Waals surface area contributed by atoms with Crippen molar-refractivity contribution in [3.63, 3.8) is 0 Å². The number of piperidine rings is 1. The van der Waals surface area contributed by atoms with E-state index in [0.717, 1.165) is 30.6 Å². The molecular weight excluding hydrogens is 354 g/mol. The number of nitrogens with zero attached hydrogens (tertiary/aromatic N) is 1. The topological polar surface area (TPSA) is 71.5 Å². The SMILES string of the molecule is O=S(=O)(c1ccccc1)c1ccc(S(=O)(=O)N2CCCCC2)s1. The van der Waals surface area contributed by atoms with Crippen molar-refractivity contribution in [2.24, 2.45) is 0 Å². The average Bonchev–Trinajstić information content (AvgIpc) is 3.08. The average molecular weight is 372 g/mol. The minimum Gasteiger partial charge on any atom is -0.218 e. The Hall–Kier alpha value is -1.22. The molecule has 2 aromatic rings. The van der Waals surface area contributed by atoms with Gasteiger partial charge in [-0.05, 0) is 37.1 Å². The second kappa shape index (κ2) is 6.35. The molecule has 1 fully saturated rings.